The van der Waals surface area contributed by atoms with Gasteiger partial charge in [-0.3, -0.25) is 0 Å². The Morgan fingerprint density at radius 1 is 1.32 bits per heavy atom. The third-order valence-electron chi connectivity index (χ3n) is 2.80. The minimum absolute atomic E-state index is 0.296. The number of nitrogens with zero attached hydrogens (tertiary/aromatic N) is 2. The molecule has 6 heteroatoms. The Hall–Kier alpha value is -2.34. The molecule has 1 aromatic carbocycles. The number of ether oxygens (including phenoxy) is 2. The van der Waals surface area contributed by atoms with E-state index in [1.165, 1.54) is 18.4 Å². The molecule has 0 aliphatic heterocycles. The lowest BCUT2D eigenvalue weighted by atomic mass is 10.2. The molecule has 0 aliphatic carbocycles. The summed E-state index contributed by atoms with van der Waals surface area (Å²) >= 11 is 1.39. The van der Waals surface area contributed by atoms with Gasteiger partial charge in [0, 0.05) is 20.3 Å². The summed E-state index contributed by atoms with van der Waals surface area (Å²) in [7, 11) is 5.07. The highest BCUT2D eigenvalue weighted by Crippen LogP contribution is 2.26. The van der Waals surface area contributed by atoms with Crippen molar-refractivity contribution in [3.63, 3.8) is 0 Å². The van der Waals surface area contributed by atoms with E-state index in [0.717, 1.165) is 10.6 Å². The minimum Gasteiger partial charge on any atom is -0.487 e. The van der Waals surface area contributed by atoms with E-state index in [9.17, 15) is 4.79 Å². The van der Waals surface area contributed by atoms with Gasteiger partial charge in [0.25, 0.3) is 0 Å². The van der Waals surface area contributed by atoms with Crippen LogP contribution in [0.15, 0.2) is 42.0 Å². The van der Waals surface area contributed by atoms with Crippen LogP contribution in [-0.4, -0.2) is 37.1 Å². The smallest absolute Gasteiger partial charge is 0.340 e. The molecule has 5 nitrogen and oxygen atoms in total. The van der Waals surface area contributed by atoms with Gasteiger partial charge in [0.15, 0.2) is 0 Å². The Kier molecular flexibility index (Phi) is 5.55. The molecule has 0 saturated carbocycles. The van der Waals surface area contributed by atoms with Crippen molar-refractivity contribution in [3.05, 3.63) is 52.6 Å². The molecule has 0 bridgehead atoms. The maximum atomic E-state index is 12.0. The molecule has 1 aromatic heterocycles. The van der Waals surface area contributed by atoms with Crippen molar-refractivity contribution in [2.24, 2.45) is 0 Å². The largest absolute Gasteiger partial charge is 0.487 e. The molecule has 0 aliphatic rings. The van der Waals surface area contributed by atoms with E-state index >= 15 is 0 Å². The Balaban J connectivity index is 2.21. The third-order valence-corrected chi connectivity index (χ3v) is 3.70. The molecular formula is C16H18N2O3S. The predicted octanol–water partition coefficient (Wildman–Crippen LogP) is 2.80. The van der Waals surface area contributed by atoms with Crippen LogP contribution in [0.4, 0.5) is 0 Å². The monoisotopic (exact) mass is 318 g/mol. The van der Waals surface area contributed by atoms with Gasteiger partial charge >= 0.3 is 5.97 Å². The highest BCUT2D eigenvalue weighted by molar-refractivity contribution is 7.11. The molecule has 2 aromatic rings. The first-order chi connectivity index (χ1) is 10.6. The Morgan fingerprint density at radius 2 is 2.05 bits per heavy atom. The molecule has 0 fully saturated rings. The summed E-state index contributed by atoms with van der Waals surface area (Å²) in [6.45, 7) is 0.296. The predicted molar refractivity (Wildman–Crippen MR) is 86.6 cm³/mol. The second-order valence-electron chi connectivity index (χ2n) is 4.73. The minimum atomic E-state index is -0.390. The van der Waals surface area contributed by atoms with Crippen LogP contribution in [-0.2, 0) is 16.1 Å². The average molecular weight is 318 g/mol. The van der Waals surface area contributed by atoms with Crippen molar-refractivity contribution in [1.29, 1.82) is 0 Å². The van der Waals surface area contributed by atoms with Crippen LogP contribution in [0.3, 0.4) is 0 Å². The Bertz CT molecular complexity index is 650. The quantitative estimate of drug-likeness (QED) is 0.605. The van der Waals surface area contributed by atoms with Gasteiger partial charge in [-0.1, -0.05) is 18.2 Å². The summed E-state index contributed by atoms with van der Waals surface area (Å²) in [5.41, 5.74) is 2.89. The normalized spacial score (nSPS) is 11.1. The molecule has 0 atom stereocenters. The van der Waals surface area contributed by atoms with Gasteiger partial charge in [0.05, 0.1) is 28.8 Å². The highest BCUT2D eigenvalue weighted by atomic mass is 32.1. The van der Waals surface area contributed by atoms with Crippen molar-refractivity contribution in [2.45, 2.75) is 6.61 Å². The number of hydrogen-bond donors (Lipinski definition) is 0. The molecule has 0 N–H and O–H groups in total. The number of aromatic nitrogens is 1. The van der Waals surface area contributed by atoms with E-state index in [1.54, 1.807) is 16.6 Å². The first-order valence-corrected chi connectivity index (χ1v) is 7.57. The molecule has 0 radical (unpaired) electrons. The summed E-state index contributed by atoms with van der Waals surface area (Å²) < 4.78 is 10.6. The van der Waals surface area contributed by atoms with E-state index in [4.69, 9.17) is 9.47 Å². The number of rotatable bonds is 6. The van der Waals surface area contributed by atoms with E-state index < -0.39 is 0 Å². The van der Waals surface area contributed by atoms with Gasteiger partial charge in [0.2, 0.25) is 0 Å². The first kappa shape index (κ1) is 16.0. The molecule has 0 unspecified atom stereocenters. The van der Waals surface area contributed by atoms with Crippen molar-refractivity contribution < 1.29 is 14.3 Å². The molecule has 0 spiro atoms. The van der Waals surface area contributed by atoms with Crippen LogP contribution in [0.1, 0.15) is 10.6 Å². The summed E-state index contributed by atoms with van der Waals surface area (Å²) in [4.78, 5) is 18.9. The first-order valence-electron chi connectivity index (χ1n) is 6.69. The zero-order chi connectivity index (χ0) is 15.9. The maximum absolute atomic E-state index is 12.0. The standard InChI is InChI=1S/C16H18N2O3S/c1-18(2)9-13(16(19)20-3)15-14(17-11-22-15)10-21-12-7-5-4-6-8-12/h4-9,11H,10H2,1-3H3. The second-order valence-corrected chi connectivity index (χ2v) is 5.58. The number of benzene rings is 1. The van der Waals surface area contributed by atoms with Crippen LogP contribution < -0.4 is 4.74 Å². The molecule has 0 saturated heterocycles. The van der Waals surface area contributed by atoms with Crippen LogP contribution in [0.5, 0.6) is 5.75 Å². The average Bonchev–Trinajstić information content (AvgIpc) is 2.99. The number of thiazole rings is 1. The van der Waals surface area contributed by atoms with Gasteiger partial charge in [-0.2, -0.15) is 0 Å². The maximum Gasteiger partial charge on any atom is 0.340 e. The van der Waals surface area contributed by atoms with Gasteiger partial charge in [-0.15, -0.1) is 11.3 Å². The topological polar surface area (TPSA) is 51.7 Å². The van der Waals surface area contributed by atoms with E-state index in [1.807, 2.05) is 44.4 Å². The fourth-order valence-electron chi connectivity index (χ4n) is 1.83. The Labute approximate surface area is 133 Å². The molecule has 1 heterocycles. The zero-order valence-corrected chi connectivity index (χ0v) is 13.6. The van der Waals surface area contributed by atoms with Crippen LogP contribution >= 0.6 is 11.3 Å². The zero-order valence-electron chi connectivity index (χ0n) is 12.8. The lowest BCUT2D eigenvalue weighted by molar-refractivity contribution is -0.133. The molecular weight excluding hydrogens is 300 g/mol. The number of esters is 1. The van der Waals surface area contributed by atoms with Gasteiger partial charge in [-0.25, -0.2) is 9.78 Å². The van der Waals surface area contributed by atoms with E-state index in [2.05, 4.69) is 4.98 Å². The lowest BCUT2D eigenvalue weighted by Gasteiger charge is -2.11. The van der Waals surface area contributed by atoms with Crippen LogP contribution in [0.2, 0.25) is 0 Å². The number of para-hydroxylation sites is 1. The van der Waals surface area contributed by atoms with Crippen molar-refractivity contribution in [3.8, 4) is 5.75 Å². The van der Waals surface area contributed by atoms with Crippen molar-refractivity contribution in [1.82, 2.24) is 9.88 Å². The van der Waals surface area contributed by atoms with Gasteiger partial charge in [-0.05, 0) is 12.1 Å². The number of hydrogen-bond acceptors (Lipinski definition) is 6. The van der Waals surface area contributed by atoms with E-state index in [0.29, 0.717) is 17.9 Å². The SMILES string of the molecule is COC(=O)C(=CN(C)C)c1scnc1COc1ccccc1. The molecule has 2 rings (SSSR count). The highest BCUT2D eigenvalue weighted by Gasteiger charge is 2.19. The fourth-order valence-corrected chi connectivity index (χ4v) is 2.63. The summed E-state index contributed by atoms with van der Waals surface area (Å²) in [6.07, 6.45) is 1.73. The molecule has 22 heavy (non-hydrogen) atoms. The van der Waals surface area contributed by atoms with Crippen molar-refractivity contribution >= 4 is 22.9 Å². The van der Waals surface area contributed by atoms with Crippen LogP contribution in [0, 0.1) is 0 Å². The van der Waals surface area contributed by atoms with Crippen molar-refractivity contribution in [2.75, 3.05) is 21.2 Å². The lowest BCUT2D eigenvalue weighted by Crippen LogP contribution is -2.11. The summed E-state index contributed by atoms with van der Waals surface area (Å²) in [6, 6.07) is 9.49. The van der Waals surface area contributed by atoms with E-state index in [-0.39, 0.29) is 5.97 Å². The summed E-state index contributed by atoms with van der Waals surface area (Å²) in [5, 5.41) is 0. The second kappa shape index (κ2) is 7.61. The molecule has 0 amide bonds. The third kappa shape index (κ3) is 4.08. The van der Waals surface area contributed by atoms with Gasteiger partial charge < -0.3 is 14.4 Å². The number of carbonyl (C=O) groups excluding carboxylic acids is 1. The molecule has 116 valence electrons. The Morgan fingerprint density at radius 3 is 2.68 bits per heavy atom. The van der Waals surface area contributed by atoms with Crippen LogP contribution in [0.25, 0.3) is 5.57 Å². The summed E-state index contributed by atoms with van der Waals surface area (Å²) in [5.74, 6) is 0.372. The van der Waals surface area contributed by atoms with Gasteiger partial charge in [0.1, 0.15) is 12.4 Å². The fraction of sp³-hybridized carbons (Fsp3) is 0.250. The number of carbonyl (C=O) groups is 1. The number of methoxy groups -OCH3 is 1.